The highest BCUT2D eigenvalue weighted by Crippen LogP contribution is 2.38. The van der Waals surface area contributed by atoms with Crippen molar-refractivity contribution in [2.45, 2.75) is 32.4 Å². The summed E-state index contributed by atoms with van der Waals surface area (Å²) in [6.45, 7) is 4.76. The fourth-order valence-corrected chi connectivity index (χ4v) is 3.35. The SMILES string of the molecule is CC(=O)Nc1ccc2c(c1)[C@@H](c1ccccc1)[C@H](C)N(C)C2. The van der Waals surface area contributed by atoms with Gasteiger partial charge in [0.15, 0.2) is 0 Å². The maximum Gasteiger partial charge on any atom is 0.221 e. The molecule has 1 heterocycles. The number of likely N-dealkylation sites (N-methyl/N-ethyl adjacent to an activating group) is 1. The van der Waals surface area contributed by atoms with Gasteiger partial charge in [-0.15, -0.1) is 0 Å². The summed E-state index contributed by atoms with van der Waals surface area (Å²) < 4.78 is 0. The average molecular weight is 294 g/mol. The Bertz CT molecular complexity index is 681. The number of amides is 1. The fraction of sp³-hybridized carbons (Fsp3) is 0.316. The van der Waals surface area contributed by atoms with Gasteiger partial charge in [-0.25, -0.2) is 0 Å². The van der Waals surface area contributed by atoms with Crippen molar-refractivity contribution < 1.29 is 4.79 Å². The van der Waals surface area contributed by atoms with Crippen molar-refractivity contribution in [3.05, 3.63) is 65.2 Å². The van der Waals surface area contributed by atoms with Crippen LogP contribution in [0.1, 0.15) is 36.5 Å². The minimum absolute atomic E-state index is 0.0304. The smallest absolute Gasteiger partial charge is 0.221 e. The number of nitrogens with one attached hydrogen (secondary N) is 1. The van der Waals surface area contributed by atoms with Gasteiger partial charge in [-0.2, -0.15) is 0 Å². The Morgan fingerprint density at radius 2 is 1.91 bits per heavy atom. The normalized spacial score (nSPS) is 21.2. The van der Waals surface area contributed by atoms with E-state index in [4.69, 9.17) is 0 Å². The van der Waals surface area contributed by atoms with Crippen LogP contribution >= 0.6 is 0 Å². The van der Waals surface area contributed by atoms with Crippen LogP contribution < -0.4 is 5.32 Å². The van der Waals surface area contributed by atoms with Crippen molar-refractivity contribution in [2.24, 2.45) is 0 Å². The summed E-state index contributed by atoms with van der Waals surface area (Å²) in [6.07, 6.45) is 0. The summed E-state index contributed by atoms with van der Waals surface area (Å²) in [5, 5.41) is 2.90. The number of fused-ring (bicyclic) bond motifs is 1. The number of benzene rings is 2. The van der Waals surface area contributed by atoms with Gasteiger partial charge in [0.25, 0.3) is 0 Å². The zero-order chi connectivity index (χ0) is 15.7. The van der Waals surface area contributed by atoms with E-state index >= 15 is 0 Å². The quantitative estimate of drug-likeness (QED) is 0.917. The van der Waals surface area contributed by atoms with Crippen LogP contribution in [0.3, 0.4) is 0 Å². The van der Waals surface area contributed by atoms with Crippen molar-refractivity contribution >= 4 is 11.6 Å². The third-order valence-electron chi connectivity index (χ3n) is 4.56. The molecule has 3 rings (SSSR count). The molecule has 1 aliphatic heterocycles. The molecule has 1 amide bonds. The van der Waals surface area contributed by atoms with E-state index in [0.29, 0.717) is 12.0 Å². The van der Waals surface area contributed by atoms with E-state index < -0.39 is 0 Å². The van der Waals surface area contributed by atoms with Crippen LogP contribution in [0, 0.1) is 0 Å². The van der Waals surface area contributed by atoms with E-state index in [0.717, 1.165) is 12.2 Å². The Kier molecular flexibility index (Phi) is 3.99. The lowest BCUT2D eigenvalue weighted by atomic mass is 9.79. The highest BCUT2D eigenvalue weighted by Gasteiger charge is 2.31. The number of carbonyl (C=O) groups is 1. The standard InChI is InChI=1S/C19H22N2O/c1-13-19(15-7-5-4-6-8-15)18-11-17(20-14(2)22)10-9-16(18)12-21(13)3/h4-11,13,19H,12H2,1-3H3,(H,20,22)/t13-,19+/m0/s1. The largest absolute Gasteiger partial charge is 0.326 e. The van der Waals surface area contributed by atoms with Crippen molar-refractivity contribution in [1.82, 2.24) is 4.90 Å². The minimum atomic E-state index is -0.0304. The van der Waals surface area contributed by atoms with Crippen LogP contribution in [-0.4, -0.2) is 23.9 Å². The molecule has 2 aromatic rings. The molecule has 0 saturated heterocycles. The lowest BCUT2D eigenvalue weighted by Crippen LogP contribution is -2.39. The molecule has 1 aliphatic rings. The van der Waals surface area contributed by atoms with Gasteiger partial charge in [0.05, 0.1) is 0 Å². The van der Waals surface area contributed by atoms with E-state index in [1.54, 1.807) is 6.92 Å². The van der Waals surface area contributed by atoms with E-state index in [2.05, 4.69) is 66.7 Å². The molecule has 2 atom stereocenters. The molecule has 1 N–H and O–H groups in total. The number of rotatable bonds is 2. The highest BCUT2D eigenvalue weighted by molar-refractivity contribution is 5.88. The van der Waals surface area contributed by atoms with E-state index in [1.807, 2.05) is 6.07 Å². The highest BCUT2D eigenvalue weighted by atomic mass is 16.1. The zero-order valence-electron chi connectivity index (χ0n) is 13.3. The van der Waals surface area contributed by atoms with Gasteiger partial charge >= 0.3 is 0 Å². The van der Waals surface area contributed by atoms with Gasteiger partial charge in [-0.1, -0.05) is 36.4 Å². The maximum absolute atomic E-state index is 11.3. The fourth-order valence-electron chi connectivity index (χ4n) is 3.35. The molecular formula is C19H22N2O. The van der Waals surface area contributed by atoms with Gasteiger partial charge in [0, 0.05) is 31.1 Å². The first-order valence-electron chi connectivity index (χ1n) is 7.72. The monoisotopic (exact) mass is 294 g/mol. The van der Waals surface area contributed by atoms with Crippen LogP contribution in [0.4, 0.5) is 5.69 Å². The summed E-state index contributed by atoms with van der Waals surface area (Å²) in [6, 6.07) is 17.3. The second kappa shape index (κ2) is 5.93. The van der Waals surface area contributed by atoms with Gasteiger partial charge in [0.1, 0.15) is 0 Å². The van der Waals surface area contributed by atoms with Crippen LogP contribution in [0.15, 0.2) is 48.5 Å². The molecule has 2 aromatic carbocycles. The Morgan fingerprint density at radius 3 is 2.59 bits per heavy atom. The maximum atomic E-state index is 11.3. The van der Waals surface area contributed by atoms with Crippen LogP contribution in [-0.2, 0) is 11.3 Å². The topological polar surface area (TPSA) is 32.3 Å². The molecule has 22 heavy (non-hydrogen) atoms. The van der Waals surface area contributed by atoms with Crippen LogP contribution in [0.2, 0.25) is 0 Å². The second-order valence-corrected chi connectivity index (χ2v) is 6.14. The average Bonchev–Trinajstić information content (AvgIpc) is 2.49. The van der Waals surface area contributed by atoms with Gasteiger partial charge in [-0.3, -0.25) is 9.69 Å². The Balaban J connectivity index is 2.08. The summed E-state index contributed by atoms with van der Waals surface area (Å²) in [4.78, 5) is 13.7. The molecule has 0 aromatic heterocycles. The number of anilines is 1. The molecule has 0 radical (unpaired) electrons. The molecule has 0 unspecified atom stereocenters. The predicted octanol–water partition coefficient (Wildman–Crippen LogP) is 3.61. The minimum Gasteiger partial charge on any atom is -0.326 e. The van der Waals surface area contributed by atoms with E-state index in [1.165, 1.54) is 16.7 Å². The third kappa shape index (κ3) is 2.77. The molecule has 0 bridgehead atoms. The zero-order valence-corrected chi connectivity index (χ0v) is 13.3. The second-order valence-electron chi connectivity index (χ2n) is 6.14. The molecule has 0 aliphatic carbocycles. The lowest BCUT2D eigenvalue weighted by molar-refractivity contribution is -0.114. The van der Waals surface area contributed by atoms with E-state index in [9.17, 15) is 4.79 Å². The van der Waals surface area contributed by atoms with Crippen molar-refractivity contribution in [1.29, 1.82) is 0 Å². The predicted molar refractivity (Wildman–Crippen MR) is 90.0 cm³/mol. The number of nitrogens with zero attached hydrogens (tertiary/aromatic N) is 1. The number of hydrogen-bond donors (Lipinski definition) is 1. The number of carbonyl (C=O) groups excluding carboxylic acids is 1. The first-order valence-corrected chi connectivity index (χ1v) is 7.72. The third-order valence-corrected chi connectivity index (χ3v) is 4.56. The van der Waals surface area contributed by atoms with Crippen molar-refractivity contribution in [3.8, 4) is 0 Å². The molecule has 0 spiro atoms. The van der Waals surface area contributed by atoms with Gasteiger partial charge in [0.2, 0.25) is 5.91 Å². The van der Waals surface area contributed by atoms with Gasteiger partial charge in [-0.05, 0) is 42.8 Å². The molecule has 0 saturated carbocycles. The molecule has 3 nitrogen and oxygen atoms in total. The lowest BCUT2D eigenvalue weighted by Gasteiger charge is -2.39. The molecule has 3 heteroatoms. The summed E-state index contributed by atoms with van der Waals surface area (Å²) in [5.74, 6) is 0.292. The van der Waals surface area contributed by atoms with Crippen LogP contribution in [0.25, 0.3) is 0 Å². The van der Waals surface area contributed by atoms with Crippen LogP contribution in [0.5, 0.6) is 0 Å². The molecule has 114 valence electrons. The van der Waals surface area contributed by atoms with Crippen molar-refractivity contribution in [3.63, 3.8) is 0 Å². The Morgan fingerprint density at radius 1 is 1.18 bits per heavy atom. The summed E-state index contributed by atoms with van der Waals surface area (Å²) >= 11 is 0. The van der Waals surface area contributed by atoms with Gasteiger partial charge < -0.3 is 5.32 Å². The molecule has 0 fully saturated rings. The van der Waals surface area contributed by atoms with Crippen molar-refractivity contribution in [2.75, 3.05) is 12.4 Å². The Labute approximate surface area is 132 Å². The molecular weight excluding hydrogens is 272 g/mol. The first kappa shape index (κ1) is 14.8. The van der Waals surface area contributed by atoms with E-state index in [-0.39, 0.29) is 5.91 Å². The number of hydrogen-bond acceptors (Lipinski definition) is 2. The summed E-state index contributed by atoms with van der Waals surface area (Å²) in [7, 11) is 2.17. The first-order chi connectivity index (χ1) is 10.6. The Hall–Kier alpha value is -2.13. The summed E-state index contributed by atoms with van der Waals surface area (Å²) in [5.41, 5.74) is 4.86.